The van der Waals surface area contributed by atoms with Gasteiger partial charge in [-0.15, -0.1) is 0 Å². The molecule has 0 aliphatic carbocycles. The Morgan fingerprint density at radius 1 is 0.769 bits per heavy atom. The Morgan fingerprint density at radius 3 is 1.96 bits per heavy atom. The SMILES string of the molecule is CCCCCCCCCCCCc1ccc2ccccc2c1S(=O)(=O)[O-]. The van der Waals surface area contributed by atoms with Crippen molar-refractivity contribution in [3.05, 3.63) is 42.0 Å². The van der Waals surface area contributed by atoms with Crippen molar-refractivity contribution < 1.29 is 13.0 Å². The molecule has 0 amide bonds. The van der Waals surface area contributed by atoms with E-state index in [0.29, 0.717) is 17.4 Å². The minimum absolute atomic E-state index is 0.0217. The first kappa shape index (κ1) is 20.9. The molecule has 3 nitrogen and oxygen atoms in total. The molecule has 0 radical (unpaired) electrons. The summed E-state index contributed by atoms with van der Waals surface area (Å²) in [7, 11) is -4.47. The second-order valence-electron chi connectivity index (χ2n) is 7.16. The van der Waals surface area contributed by atoms with Gasteiger partial charge in [0.05, 0.1) is 4.90 Å². The summed E-state index contributed by atoms with van der Waals surface area (Å²) in [5, 5.41) is 1.35. The van der Waals surface area contributed by atoms with Crippen molar-refractivity contribution in [2.24, 2.45) is 0 Å². The van der Waals surface area contributed by atoms with Gasteiger partial charge in [0, 0.05) is 0 Å². The fraction of sp³-hybridized carbons (Fsp3) is 0.545. The van der Waals surface area contributed by atoms with Gasteiger partial charge in [-0.05, 0) is 29.2 Å². The van der Waals surface area contributed by atoms with Gasteiger partial charge < -0.3 is 4.55 Å². The molecular weight excluding hydrogens is 344 g/mol. The number of hydrogen-bond acceptors (Lipinski definition) is 3. The van der Waals surface area contributed by atoms with Crippen LogP contribution in [0, 0.1) is 0 Å². The molecule has 0 aliphatic heterocycles. The lowest BCUT2D eigenvalue weighted by Gasteiger charge is -2.16. The summed E-state index contributed by atoms with van der Waals surface area (Å²) in [4.78, 5) is -0.0217. The van der Waals surface area contributed by atoms with Gasteiger partial charge in [0.15, 0.2) is 0 Å². The standard InChI is InChI=1S/C22H32O3S/c1-2-3-4-5-6-7-8-9-10-11-15-20-18-17-19-14-12-13-16-21(19)22(20)26(23,24)25/h12-14,16-18H,2-11,15H2,1H3,(H,23,24,25)/p-1. The van der Waals surface area contributed by atoms with Crippen LogP contribution >= 0.6 is 0 Å². The first-order chi connectivity index (χ1) is 12.5. The van der Waals surface area contributed by atoms with Gasteiger partial charge >= 0.3 is 0 Å². The monoisotopic (exact) mass is 375 g/mol. The van der Waals surface area contributed by atoms with Crippen molar-refractivity contribution in [2.45, 2.75) is 82.4 Å². The average Bonchev–Trinajstić information content (AvgIpc) is 2.62. The van der Waals surface area contributed by atoms with Crippen molar-refractivity contribution >= 4 is 20.9 Å². The lowest BCUT2D eigenvalue weighted by molar-refractivity contribution is 0.462. The predicted octanol–water partition coefficient (Wildman–Crippen LogP) is 6.21. The van der Waals surface area contributed by atoms with Crippen molar-refractivity contribution in [3.63, 3.8) is 0 Å². The average molecular weight is 376 g/mol. The third-order valence-electron chi connectivity index (χ3n) is 5.01. The van der Waals surface area contributed by atoms with E-state index in [2.05, 4.69) is 6.92 Å². The molecule has 0 aliphatic rings. The maximum Gasteiger partial charge on any atom is 0.125 e. The van der Waals surface area contributed by atoms with Crippen LogP contribution in [0.2, 0.25) is 0 Å². The van der Waals surface area contributed by atoms with E-state index in [1.807, 2.05) is 18.2 Å². The second kappa shape index (κ2) is 10.7. The number of fused-ring (bicyclic) bond motifs is 1. The van der Waals surface area contributed by atoms with Crippen LogP contribution in [0.1, 0.15) is 76.7 Å². The molecule has 0 heterocycles. The number of aryl methyl sites for hydroxylation is 1. The highest BCUT2D eigenvalue weighted by molar-refractivity contribution is 7.86. The fourth-order valence-electron chi connectivity index (χ4n) is 3.58. The Bertz CT molecular complexity index is 781. The van der Waals surface area contributed by atoms with Crippen LogP contribution in [-0.4, -0.2) is 13.0 Å². The second-order valence-corrected chi connectivity index (χ2v) is 8.48. The zero-order valence-corrected chi connectivity index (χ0v) is 16.7. The molecule has 0 atom stereocenters. The van der Waals surface area contributed by atoms with E-state index in [-0.39, 0.29) is 4.90 Å². The zero-order chi connectivity index (χ0) is 18.8. The Kier molecular flexibility index (Phi) is 8.60. The van der Waals surface area contributed by atoms with Crippen molar-refractivity contribution in [1.82, 2.24) is 0 Å². The fourth-order valence-corrected chi connectivity index (χ4v) is 4.53. The van der Waals surface area contributed by atoms with E-state index in [4.69, 9.17) is 0 Å². The van der Waals surface area contributed by atoms with Crippen molar-refractivity contribution in [3.8, 4) is 0 Å². The van der Waals surface area contributed by atoms with Gasteiger partial charge in [-0.1, -0.05) is 101 Å². The van der Waals surface area contributed by atoms with Gasteiger partial charge in [0.2, 0.25) is 0 Å². The van der Waals surface area contributed by atoms with Gasteiger partial charge in [-0.2, -0.15) is 0 Å². The third kappa shape index (κ3) is 6.40. The summed E-state index contributed by atoms with van der Waals surface area (Å²) < 4.78 is 35.4. The topological polar surface area (TPSA) is 57.2 Å². The van der Waals surface area contributed by atoms with Crippen LogP contribution in [0.15, 0.2) is 41.3 Å². The Hall–Kier alpha value is -1.39. The highest BCUT2D eigenvalue weighted by atomic mass is 32.2. The molecule has 4 heteroatoms. The van der Waals surface area contributed by atoms with Gasteiger partial charge in [-0.3, -0.25) is 0 Å². The highest BCUT2D eigenvalue weighted by Crippen LogP contribution is 2.28. The van der Waals surface area contributed by atoms with E-state index >= 15 is 0 Å². The van der Waals surface area contributed by atoms with E-state index in [0.717, 1.165) is 18.2 Å². The van der Waals surface area contributed by atoms with Crippen LogP contribution in [0.5, 0.6) is 0 Å². The molecule has 0 bridgehead atoms. The smallest absolute Gasteiger partial charge is 0.125 e. The van der Waals surface area contributed by atoms with Gasteiger partial charge in [0.25, 0.3) is 0 Å². The number of rotatable bonds is 12. The molecule has 0 saturated carbocycles. The number of hydrogen-bond donors (Lipinski definition) is 0. The molecule has 2 aromatic carbocycles. The predicted molar refractivity (Wildman–Crippen MR) is 107 cm³/mol. The highest BCUT2D eigenvalue weighted by Gasteiger charge is 2.13. The molecule has 0 saturated heterocycles. The summed E-state index contributed by atoms with van der Waals surface area (Å²) in [6.07, 6.45) is 13.0. The van der Waals surface area contributed by atoms with E-state index in [1.165, 1.54) is 51.4 Å². The molecule has 144 valence electrons. The van der Waals surface area contributed by atoms with Crippen LogP contribution in [0.3, 0.4) is 0 Å². The Morgan fingerprint density at radius 2 is 1.35 bits per heavy atom. The first-order valence-electron chi connectivity index (χ1n) is 10.0. The van der Waals surface area contributed by atoms with E-state index in [1.54, 1.807) is 18.2 Å². The van der Waals surface area contributed by atoms with E-state index in [9.17, 15) is 13.0 Å². The summed E-state index contributed by atoms with van der Waals surface area (Å²) in [5.41, 5.74) is 0.665. The molecular formula is C22H31O3S-. The molecule has 0 N–H and O–H groups in total. The third-order valence-corrected chi connectivity index (χ3v) is 5.99. The normalized spacial score (nSPS) is 11.9. The largest absolute Gasteiger partial charge is 0.744 e. The van der Waals surface area contributed by atoms with Crippen LogP contribution in [0.25, 0.3) is 10.8 Å². The Balaban J connectivity index is 1.84. The molecule has 0 spiro atoms. The molecule has 26 heavy (non-hydrogen) atoms. The first-order valence-corrected chi connectivity index (χ1v) is 11.4. The maximum absolute atomic E-state index is 11.8. The summed E-state index contributed by atoms with van der Waals surface area (Å²) in [6.45, 7) is 2.24. The molecule has 0 unspecified atom stereocenters. The van der Waals surface area contributed by atoms with Gasteiger partial charge in [-0.25, -0.2) is 8.42 Å². The maximum atomic E-state index is 11.8. The summed E-state index contributed by atoms with van der Waals surface area (Å²) >= 11 is 0. The minimum Gasteiger partial charge on any atom is -0.744 e. The van der Waals surface area contributed by atoms with Crippen molar-refractivity contribution in [1.29, 1.82) is 0 Å². The molecule has 0 aromatic heterocycles. The van der Waals surface area contributed by atoms with E-state index < -0.39 is 10.1 Å². The minimum atomic E-state index is -4.47. The Labute approximate surface area is 158 Å². The molecule has 0 fully saturated rings. The van der Waals surface area contributed by atoms with Crippen LogP contribution in [0.4, 0.5) is 0 Å². The van der Waals surface area contributed by atoms with Crippen LogP contribution in [-0.2, 0) is 16.5 Å². The summed E-state index contributed by atoms with van der Waals surface area (Å²) in [5.74, 6) is 0. The lowest BCUT2D eigenvalue weighted by atomic mass is 10.0. The van der Waals surface area contributed by atoms with Gasteiger partial charge in [0.1, 0.15) is 10.1 Å². The molecule has 2 aromatic rings. The zero-order valence-electron chi connectivity index (χ0n) is 15.9. The van der Waals surface area contributed by atoms with Crippen LogP contribution < -0.4 is 0 Å². The number of unbranched alkanes of at least 4 members (excludes halogenated alkanes) is 9. The van der Waals surface area contributed by atoms with Crippen molar-refractivity contribution in [2.75, 3.05) is 0 Å². The molecule has 2 rings (SSSR count). The summed E-state index contributed by atoms with van der Waals surface area (Å²) in [6, 6.07) is 10.9. The lowest BCUT2D eigenvalue weighted by Crippen LogP contribution is -2.05. The number of benzene rings is 2. The quantitative estimate of drug-likeness (QED) is 0.327.